The van der Waals surface area contributed by atoms with Crippen LogP contribution in [0, 0.1) is 234 Å². The van der Waals surface area contributed by atoms with Gasteiger partial charge in [-0.25, -0.2) is 0 Å². The minimum Gasteiger partial charge on any atom is -1.00 e. The Kier molecular flexibility index (Phi) is 1300. The molecule has 0 bridgehead atoms. The summed E-state index contributed by atoms with van der Waals surface area (Å²) in [6.45, 7) is 0. The van der Waals surface area contributed by atoms with E-state index in [0.29, 0.717) is 0 Å². The zero-order chi connectivity index (χ0) is 0. The van der Waals surface area contributed by atoms with Crippen molar-refractivity contribution in [2.45, 2.75) is 0 Å². The van der Waals surface area contributed by atoms with Gasteiger partial charge in [-0.1, -0.05) is 0 Å². The van der Waals surface area contributed by atoms with Crippen molar-refractivity contribution in [1.82, 2.24) is 0 Å². The fraction of sp³-hybridized carbons (Fsp3) is 0. The second-order valence-corrected chi connectivity index (χ2v) is 0. The SMILES string of the molecule is [B].[Bi].[Ce].[Er].[H-].[Hf].[In].[La].[Mo].[Nb].[Nd].[Rb+].[Sb].[Sc].[Si].[Sn].[Ta].[Tb].[Th].[Tl].[W].[Zn].[Zr]. The van der Waals surface area contributed by atoms with Gasteiger partial charge >= 0.3 is 58.2 Å². The summed E-state index contributed by atoms with van der Waals surface area (Å²) in [7, 11) is 0. The molecule has 0 nitrogen and oxygen atoms in total. The zero-order valence-corrected chi connectivity index (χ0v) is 73.2. The maximum Gasteiger partial charge on any atom is 1.00 e. The van der Waals surface area contributed by atoms with Gasteiger partial charge in [-0.15, -0.1) is 0 Å². The van der Waals surface area contributed by atoms with Gasteiger partial charge in [0, 0.05) is 565 Å². The standard InChI is InChI=1S/B.Bi.Ce.Er.Hf.In.La.Mo.Nb.Nd.Rb.Sb.Sc.Si.Sn.Ta.Tb.Th.Tl.W.Zn.Zr.H/q;;;;;;;;;;+1;;;;;;;;;;;;-1. The van der Waals surface area contributed by atoms with Crippen LogP contribution in [-0.2, 0) is 184 Å². The molecule has 0 fully saturated rings. The first-order valence-electron chi connectivity index (χ1n) is 0. The van der Waals surface area contributed by atoms with Crippen LogP contribution in [0.4, 0.5) is 0 Å². The molecule has 0 saturated carbocycles. The maximum atomic E-state index is 0. The van der Waals surface area contributed by atoms with Crippen LogP contribution >= 0.6 is 0 Å². The second-order valence-electron chi connectivity index (χ2n) is 0. The molecule has 0 unspecified atom stereocenters. The van der Waals surface area contributed by atoms with E-state index in [1.54, 1.807) is 0 Å². The van der Waals surface area contributed by atoms with E-state index >= 15 is 0 Å². The third-order valence-electron chi connectivity index (χ3n) is 0. The number of hydrogen-bond acceptors (Lipinski definition) is 0. The van der Waals surface area contributed by atoms with Crippen molar-refractivity contribution in [3.05, 3.63) is 0 Å². The van der Waals surface area contributed by atoms with Crippen molar-refractivity contribution in [3.63, 3.8) is 0 Å². The van der Waals surface area contributed by atoms with Crippen molar-refractivity contribution < 1.29 is 478 Å². The molecule has 22 heteroatoms. The van der Waals surface area contributed by atoms with E-state index in [0.717, 1.165) is 0 Å². The summed E-state index contributed by atoms with van der Waals surface area (Å²) in [6.07, 6.45) is 0. The van der Waals surface area contributed by atoms with E-state index in [1.165, 1.54) is 0 Å². The molecule has 26 radical (unpaired) electrons. The summed E-state index contributed by atoms with van der Waals surface area (Å²) >= 11 is 0. The molecule has 0 aromatic rings. The molecule has 100 valence electrons. The van der Waals surface area contributed by atoms with E-state index in [9.17, 15) is 0 Å². The quantitative estimate of drug-likeness (QED) is 0.213. The molecule has 0 saturated heterocycles. The fourth-order valence-corrected chi connectivity index (χ4v) is 0. The van der Waals surface area contributed by atoms with Gasteiger partial charge < -0.3 is 1.43 Å². The Balaban J connectivity index is 0. The minimum absolute atomic E-state index is 0. The van der Waals surface area contributed by atoms with Crippen molar-refractivity contribution in [1.29, 1.82) is 0 Å². The Bertz CT molecular complexity index is 104. The molecule has 0 atom stereocenters. The Morgan fingerprint density at radius 3 is 1.05 bits per heavy atom. The third kappa shape index (κ3) is 151. The van der Waals surface area contributed by atoms with E-state index in [4.69, 9.17) is 0 Å². The topological polar surface area (TPSA) is 0 Å². The molecule has 0 heterocycles. The molecule has 0 rings (SSSR count). The van der Waals surface area contributed by atoms with Gasteiger partial charge in [-0.3, -0.25) is 0 Å². The largest absolute Gasteiger partial charge is 1.00 e. The van der Waals surface area contributed by atoms with Gasteiger partial charge in [0.2, 0.25) is 0 Å². The van der Waals surface area contributed by atoms with Crippen LogP contribution in [0.15, 0.2) is 0 Å². The molecule has 0 aliphatic heterocycles. The summed E-state index contributed by atoms with van der Waals surface area (Å²) in [4.78, 5) is 0. The maximum absolute atomic E-state index is 0. The van der Waals surface area contributed by atoms with Gasteiger partial charge in [-0.05, 0) is 0 Å². The van der Waals surface area contributed by atoms with E-state index < -0.39 is 0 Å². The van der Waals surface area contributed by atoms with Gasteiger partial charge in [0.15, 0.2) is 0 Å². The average molecular weight is 2810 g/mol. The number of hydrogen-bond donors (Lipinski definition) is 0. The van der Waals surface area contributed by atoms with Crippen LogP contribution in [0.1, 0.15) is 1.43 Å². The van der Waals surface area contributed by atoms with Crippen LogP contribution in [-0.4, -0.2) is 147 Å². The minimum atomic E-state index is 0. The van der Waals surface area contributed by atoms with Gasteiger partial charge in [0.1, 0.15) is 0 Å². The van der Waals surface area contributed by atoms with Crippen molar-refractivity contribution in [2.24, 2.45) is 0 Å². The molecule has 0 aliphatic carbocycles. The second kappa shape index (κ2) is 163. The van der Waals surface area contributed by atoms with E-state index in [-0.39, 0.29) is 625 Å². The van der Waals surface area contributed by atoms with Crippen molar-refractivity contribution in [2.75, 3.05) is 0 Å². The van der Waals surface area contributed by atoms with Crippen LogP contribution in [0.3, 0.4) is 0 Å². The van der Waals surface area contributed by atoms with Crippen LogP contribution < -0.4 is 58.2 Å². The summed E-state index contributed by atoms with van der Waals surface area (Å²) in [5, 5.41) is 0. The summed E-state index contributed by atoms with van der Waals surface area (Å²) < 4.78 is 0. The Hall–Kier alpha value is 20.3. The predicted octanol–water partition coefficient (Wildman–Crippen LogP) is -5.57. The molecule has 0 N–H and O–H groups in total. The van der Waals surface area contributed by atoms with Crippen molar-refractivity contribution in [3.8, 4) is 0 Å². The summed E-state index contributed by atoms with van der Waals surface area (Å²) in [5.41, 5.74) is 0. The van der Waals surface area contributed by atoms with Gasteiger partial charge in [-0.2, -0.15) is 0 Å². The Morgan fingerprint density at radius 2 is 1.05 bits per heavy atom. The molecule has 22 heavy (non-hydrogen) atoms. The molecular formula is HBBiCeErHfInLaMoNbNdRbSbScSiSnTaTbThTlWZnZr. The van der Waals surface area contributed by atoms with Crippen LogP contribution in [0.5, 0.6) is 0 Å². The predicted molar refractivity (Wildman–Crippen MR) is 41.4 cm³/mol. The molecule has 0 amide bonds. The first-order chi connectivity index (χ1) is 0. The smallest absolute Gasteiger partial charge is 1.00 e. The monoisotopic (exact) mass is 2810 g/mol. The Labute approximate surface area is 602 Å². The fourth-order valence-electron chi connectivity index (χ4n) is 0. The molecule has 0 aliphatic rings. The van der Waals surface area contributed by atoms with Gasteiger partial charge in [0.05, 0.1) is 0 Å². The first kappa shape index (κ1) is 175. The van der Waals surface area contributed by atoms with E-state index in [1.807, 2.05) is 0 Å². The third-order valence-corrected chi connectivity index (χ3v) is 0. The van der Waals surface area contributed by atoms with Crippen LogP contribution in [0.2, 0.25) is 0 Å². The van der Waals surface area contributed by atoms with Crippen molar-refractivity contribution >= 4 is 147 Å². The van der Waals surface area contributed by atoms with Crippen LogP contribution in [0.25, 0.3) is 0 Å². The number of rotatable bonds is 0. The molecule has 0 aromatic heterocycles. The van der Waals surface area contributed by atoms with E-state index in [2.05, 4.69) is 0 Å². The molecule has 0 spiro atoms. The first-order valence-corrected chi connectivity index (χ1v) is 0. The zero-order valence-electron chi connectivity index (χ0n) is 12.3. The summed E-state index contributed by atoms with van der Waals surface area (Å²) in [6, 6.07) is 0. The molecular weight excluding hydrogens is 2810 g/mol. The summed E-state index contributed by atoms with van der Waals surface area (Å²) in [5.74, 6) is 0. The van der Waals surface area contributed by atoms with Gasteiger partial charge in [0.25, 0.3) is 0 Å². The molecule has 0 aromatic carbocycles. The average Bonchev–Trinajstić information content (AvgIpc) is 0. The normalized spacial score (nSPS) is 0. The Morgan fingerprint density at radius 1 is 1.05 bits per heavy atom.